The van der Waals surface area contributed by atoms with Crippen LogP contribution in [0.3, 0.4) is 0 Å². The number of amides is 1. The lowest BCUT2D eigenvalue weighted by atomic mass is 10.1. The second-order valence-electron chi connectivity index (χ2n) is 6.29. The Bertz CT molecular complexity index is 952. The summed E-state index contributed by atoms with van der Waals surface area (Å²) in [5, 5.41) is 2.73. The molecule has 0 radical (unpaired) electrons. The van der Waals surface area contributed by atoms with E-state index in [1.54, 1.807) is 43.3 Å². The maximum atomic E-state index is 12.3. The number of para-hydroxylation sites is 1. The lowest BCUT2D eigenvalue weighted by molar-refractivity contribution is -0.123. The predicted molar refractivity (Wildman–Crippen MR) is 108 cm³/mol. The Balaban J connectivity index is 1.56. The molecule has 1 atom stereocenters. The van der Waals surface area contributed by atoms with Gasteiger partial charge in [-0.05, 0) is 61.9 Å². The molecule has 3 aromatic carbocycles. The van der Waals surface area contributed by atoms with Crippen LogP contribution in [-0.4, -0.2) is 18.0 Å². The van der Waals surface area contributed by atoms with Crippen molar-refractivity contribution in [3.8, 4) is 11.5 Å². The molecule has 28 heavy (non-hydrogen) atoms. The highest BCUT2D eigenvalue weighted by Gasteiger charge is 2.20. The number of anilines is 1. The quantitative estimate of drug-likeness (QED) is 0.618. The lowest BCUT2D eigenvalue weighted by Gasteiger charge is -2.14. The third kappa shape index (κ3) is 4.98. The van der Waals surface area contributed by atoms with Crippen LogP contribution in [0.1, 0.15) is 22.8 Å². The molecule has 0 saturated heterocycles. The summed E-state index contributed by atoms with van der Waals surface area (Å²) in [7, 11) is 0. The smallest absolute Gasteiger partial charge is 0.339 e. The molecule has 0 unspecified atom stereocenters. The van der Waals surface area contributed by atoms with Gasteiger partial charge in [-0.1, -0.05) is 36.4 Å². The van der Waals surface area contributed by atoms with Crippen molar-refractivity contribution in [2.75, 3.05) is 5.32 Å². The Morgan fingerprint density at radius 1 is 0.821 bits per heavy atom. The molecular weight excluding hydrogens is 354 g/mol. The van der Waals surface area contributed by atoms with Gasteiger partial charge in [-0.15, -0.1) is 0 Å². The van der Waals surface area contributed by atoms with Gasteiger partial charge in [-0.3, -0.25) is 4.79 Å². The van der Waals surface area contributed by atoms with Crippen molar-refractivity contribution in [3.63, 3.8) is 0 Å². The zero-order valence-electron chi connectivity index (χ0n) is 15.7. The van der Waals surface area contributed by atoms with Crippen LogP contribution >= 0.6 is 0 Å². The molecule has 5 heteroatoms. The number of hydrogen-bond donors (Lipinski definition) is 1. The van der Waals surface area contributed by atoms with E-state index < -0.39 is 18.0 Å². The monoisotopic (exact) mass is 375 g/mol. The van der Waals surface area contributed by atoms with Crippen LogP contribution in [0, 0.1) is 6.92 Å². The first kappa shape index (κ1) is 19.2. The number of esters is 1. The van der Waals surface area contributed by atoms with Crippen molar-refractivity contribution in [2.24, 2.45) is 0 Å². The van der Waals surface area contributed by atoms with Gasteiger partial charge < -0.3 is 14.8 Å². The molecule has 0 fully saturated rings. The van der Waals surface area contributed by atoms with E-state index in [0.29, 0.717) is 17.0 Å². The van der Waals surface area contributed by atoms with Crippen LogP contribution in [0.5, 0.6) is 11.5 Å². The van der Waals surface area contributed by atoms with Crippen LogP contribution < -0.4 is 10.1 Å². The van der Waals surface area contributed by atoms with Crippen LogP contribution in [0.2, 0.25) is 0 Å². The summed E-state index contributed by atoms with van der Waals surface area (Å²) >= 11 is 0. The average Bonchev–Trinajstić information content (AvgIpc) is 2.70. The summed E-state index contributed by atoms with van der Waals surface area (Å²) in [6, 6.07) is 23.5. The van der Waals surface area contributed by atoms with E-state index in [0.717, 1.165) is 11.3 Å². The Kier molecular flexibility index (Phi) is 6.07. The number of benzene rings is 3. The highest BCUT2D eigenvalue weighted by molar-refractivity contribution is 5.97. The molecule has 0 heterocycles. The summed E-state index contributed by atoms with van der Waals surface area (Å²) in [5.41, 5.74) is 1.84. The topological polar surface area (TPSA) is 64.6 Å². The molecule has 0 aromatic heterocycles. The standard InChI is InChI=1S/C23H21NO4/c1-16-8-6-7-11-21(16)23(26)27-17(2)22(25)24-18-12-14-20(15-13-18)28-19-9-4-3-5-10-19/h3-15,17H,1-2H3,(H,24,25)/t17-/m1/s1. The Morgan fingerprint density at radius 2 is 1.43 bits per heavy atom. The zero-order valence-corrected chi connectivity index (χ0v) is 15.7. The van der Waals surface area contributed by atoms with E-state index in [2.05, 4.69) is 5.32 Å². The molecule has 5 nitrogen and oxygen atoms in total. The molecule has 0 bridgehead atoms. The number of hydrogen-bond acceptors (Lipinski definition) is 4. The molecule has 0 saturated carbocycles. The Morgan fingerprint density at radius 3 is 2.11 bits per heavy atom. The SMILES string of the molecule is Cc1ccccc1C(=O)O[C@H](C)C(=O)Nc1ccc(Oc2ccccc2)cc1. The van der Waals surface area contributed by atoms with E-state index >= 15 is 0 Å². The molecule has 3 rings (SSSR count). The van der Waals surface area contributed by atoms with E-state index in [-0.39, 0.29) is 0 Å². The van der Waals surface area contributed by atoms with Crippen LogP contribution in [0.4, 0.5) is 5.69 Å². The van der Waals surface area contributed by atoms with Gasteiger partial charge in [0.25, 0.3) is 5.91 Å². The van der Waals surface area contributed by atoms with Crippen molar-refractivity contribution < 1.29 is 19.1 Å². The minimum Gasteiger partial charge on any atom is -0.457 e. The first-order valence-electron chi connectivity index (χ1n) is 8.93. The predicted octanol–water partition coefficient (Wildman–Crippen LogP) is 4.97. The second-order valence-corrected chi connectivity index (χ2v) is 6.29. The fraction of sp³-hybridized carbons (Fsp3) is 0.130. The number of carbonyl (C=O) groups is 2. The van der Waals surface area contributed by atoms with Gasteiger partial charge in [-0.2, -0.15) is 0 Å². The normalized spacial score (nSPS) is 11.4. The minimum absolute atomic E-state index is 0.404. The third-order valence-corrected chi connectivity index (χ3v) is 4.12. The molecule has 1 N–H and O–H groups in total. The van der Waals surface area contributed by atoms with Gasteiger partial charge in [0.1, 0.15) is 11.5 Å². The van der Waals surface area contributed by atoms with Crippen LogP contribution in [0.25, 0.3) is 0 Å². The van der Waals surface area contributed by atoms with Gasteiger partial charge in [0.15, 0.2) is 6.10 Å². The van der Waals surface area contributed by atoms with Crippen molar-refractivity contribution >= 4 is 17.6 Å². The summed E-state index contributed by atoms with van der Waals surface area (Å²) < 4.78 is 11.0. The van der Waals surface area contributed by atoms with Gasteiger partial charge in [0, 0.05) is 5.69 Å². The number of rotatable bonds is 6. The maximum Gasteiger partial charge on any atom is 0.339 e. The fourth-order valence-corrected chi connectivity index (χ4v) is 2.55. The van der Waals surface area contributed by atoms with Crippen molar-refractivity contribution in [2.45, 2.75) is 20.0 Å². The maximum absolute atomic E-state index is 12.3. The van der Waals surface area contributed by atoms with Crippen LogP contribution in [-0.2, 0) is 9.53 Å². The number of aryl methyl sites for hydroxylation is 1. The molecule has 0 aliphatic rings. The van der Waals surface area contributed by atoms with Gasteiger partial charge in [0.2, 0.25) is 0 Å². The molecule has 1 amide bonds. The first-order valence-corrected chi connectivity index (χ1v) is 8.93. The van der Waals surface area contributed by atoms with Crippen LogP contribution in [0.15, 0.2) is 78.9 Å². The summed E-state index contributed by atoms with van der Waals surface area (Å²) in [5.74, 6) is 0.463. The highest BCUT2D eigenvalue weighted by Crippen LogP contribution is 2.22. The average molecular weight is 375 g/mol. The lowest BCUT2D eigenvalue weighted by Crippen LogP contribution is -2.30. The van der Waals surface area contributed by atoms with E-state index in [9.17, 15) is 9.59 Å². The minimum atomic E-state index is -0.924. The molecule has 0 spiro atoms. The number of ether oxygens (including phenoxy) is 2. The van der Waals surface area contributed by atoms with Gasteiger partial charge >= 0.3 is 5.97 Å². The third-order valence-electron chi connectivity index (χ3n) is 4.12. The largest absolute Gasteiger partial charge is 0.457 e. The first-order chi connectivity index (χ1) is 13.5. The fourth-order valence-electron chi connectivity index (χ4n) is 2.55. The molecule has 0 aliphatic heterocycles. The molecular formula is C23H21NO4. The number of nitrogens with one attached hydrogen (secondary N) is 1. The zero-order chi connectivity index (χ0) is 19.9. The number of carbonyl (C=O) groups excluding carboxylic acids is 2. The van der Waals surface area contributed by atoms with Crippen molar-refractivity contribution in [3.05, 3.63) is 90.0 Å². The van der Waals surface area contributed by atoms with Gasteiger partial charge in [-0.25, -0.2) is 4.79 Å². The second kappa shape index (κ2) is 8.86. The molecule has 142 valence electrons. The van der Waals surface area contributed by atoms with Gasteiger partial charge in [0.05, 0.1) is 5.56 Å². The van der Waals surface area contributed by atoms with Crippen molar-refractivity contribution in [1.82, 2.24) is 0 Å². The molecule has 0 aliphatic carbocycles. The Hall–Kier alpha value is -3.60. The molecule has 3 aromatic rings. The van der Waals surface area contributed by atoms with E-state index in [1.165, 1.54) is 0 Å². The van der Waals surface area contributed by atoms with E-state index in [4.69, 9.17) is 9.47 Å². The highest BCUT2D eigenvalue weighted by atomic mass is 16.5. The summed E-state index contributed by atoms with van der Waals surface area (Å²) in [6.45, 7) is 3.36. The van der Waals surface area contributed by atoms with E-state index in [1.807, 2.05) is 49.4 Å². The summed E-state index contributed by atoms with van der Waals surface area (Å²) in [4.78, 5) is 24.6. The van der Waals surface area contributed by atoms with Crippen molar-refractivity contribution in [1.29, 1.82) is 0 Å². The summed E-state index contributed by atoms with van der Waals surface area (Å²) in [6.07, 6.45) is -0.924. The Labute approximate surface area is 163 Å².